The zero-order chi connectivity index (χ0) is 13.1. The Kier molecular flexibility index (Phi) is 4.11. The molecule has 17 heavy (non-hydrogen) atoms. The van der Waals surface area contributed by atoms with Crippen molar-refractivity contribution in [3.8, 4) is 5.75 Å². The third-order valence-corrected chi connectivity index (χ3v) is 3.51. The van der Waals surface area contributed by atoms with Gasteiger partial charge in [0.1, 0.15) is 5.75 Å². The number of sulfone groups is 1. The van der Waals surface area contributed by atoms with Gasteiger partial charge in [0.05, 0.1) is 4.90 Å². The van der Waals surface area contributed by atoms with Crippen LogP contribution < -0.4 is 0 Å². The van der Waals surface area contributed by atoms with Crippen LogP contribution in [0.1, 0.15) is 18.4 Å². The fraction of sp³-hybridized carbons (Fsp3) is 0.364. The van der Waals surface area contributed by atoms with Crippen LogP contribution in [0.25, 0.3) is 0 Å². The molecule has 0 heterocycles. The van der Waals surface area contributed by atoms with Crippen molar-refractivity contribution in [3.05, 3.63) is 23.8 Å². The molecular formula is C11H14O5S. The molecular weight excluding hydrogens is 244 g/mol. The van der Waals surface area contributed by atoms with Gasteiger partial charge in [-0.05, 0) is 25.0 Å². The number of carboxylic acids is 1. The molecule has 0 fully saturated rings. The van der Waals surface area contributed by atoms with Gasteiger partial charge in [0, 0.05) is 18.2 Å². The Bertz CT molecular complexity index is 519. The Morgan fingerprint density at radius 2 is 2.00 bits per heavy atom. The molecule has 0 aliphatic carbocycles. The first-order chi connectivity index (χ1) is 7.82. The molecule has 0 radical (unpaired) electrons. The molecule has 1 aromatic carbocycles. The zero-order valence-corrected chi connectivity index (χ0v) is 10.2. The molecule has 0 amide bonds. The third-order valence-electron chi connectivity index (χ3n) is 2.33. The molecule has 0 atom stereocenters. The van der Waals surface area contributed by atoms with Crippen LogP contribution in [0.4, 0.5) is 0 Å². The lowest BCUT2D eigenvalue weighted by atomic mass is 10.1. The first-order valence-corrected chi connectivity index (χ1v) is 6.94. The number of benzene rings is 1. The van der Waals surface area contributed by atoms with Gasteiger partial charge in [-0.2, -0.15) is 0 Å². The summed E-state index contributed by atoms with van der Waals surface area (Å²) in [6.45, 7) is 0. The maximum atomic E-state index is 11.5. The molecule has 0 saturated heterocycles. The van der Waals surface area contributed by atoms with Crippen molar-refractivity contribution in [2.45, 2.75) is 24.2 Å². The van der Waals surface area contributed by atoms with Crippen molar-refractivity contribution in [3.63, 3.8) is 0 Å². The molecule has 0 aliphatic rings. The number of aliphatic carboxylic acids is 1. The van der Waals surface area contributed by atoms with Gasteiger partial charge in [0.15, 0.2) is 9.84 Å². The molecule has 0 aromatic heterocycles. The van der Waals surface area contributed by atoms with Crippen molar-refractivity contribution >= 4 is 15.8 Å². The minimum atomic E-state index is -3.41. The zero-order valence-electron chi connectivity index (χ0n) is 9.38. The lowest BCUT2D eigenvalue weighted by Gasteiger charge is -2.09. The van der Waals surface area contributed by atoms with Crippen LogP contribution >= 0.6 is 0 Å². The van der Waals surface area contributed by atoms with Crippen LogP contribution in [0.2, 0.25) is 0 Å². The smallest absolute Gasteiger partial charge is 0.303 e. The molecule has 94 valence electrons. The monoisotopic (exact) mass is 258 g/mol. The van der Waals surface area contributed by atoms with Crippen molar-refractivity contribution in [1.29, 1.82) is 0 Å². The average Bonchev–Trinajstić information content (AvgIpc) is 2.18. The molecule has 0 aliphatic heterocycles. The maximum Gasteiger partial charge on any atom is 0.303 e. The van der Waals surface area contributed by atoms with Crippen molar-refractivity contribution in [2.75, 3.05) is 6.26 Å². The number of hydrogen-bond acceptors (Lipinski definition) is 4. The predicted octanol–water partition coefficient (Wildman–Crippen LogP) is 1.20. The van der Waals surface area contributed by atoms with Gasteiger partial charge < -0.3 is 10.2 Å². The Hall–Kier alpha value is -1.56. The summed E-state index contributed by atoms with van der Waals surface area (Å²) in [5, 5.41) is 18.1. The lowest BCUT2D eigenvalue weighted by Crippen LogP contribution is -2.04. The number of phenolic OH excluding ortho intramolecular Hbond substituents is 1. The molecule has 1 rings (SSSR count). The number of hydrogen-bond donors (Lipinski definition) is 2. The Morgan fingerprint density at radius 3 is 2.53 bits per heavy atom. The van der Waals surface area contributed by atoms with Gasteiger partial charge >= 0.3 is 5.97 Å². The molecule has 0 bridgehead atoms. The number of aromatic hydroxyl groups is 1. The van der Waals surface area contributed by atoms with Crippen LogP contribution in [-0.2, 0) is 21.1 Å². The van der Waals surface area contributed by atoms with Gasteiger partial charge in [0.25, 0.3) is 0 Å². The second-order valence-corrected chi connectivity index (χ2v) is 5.76. The molecule has 0 unspecified atom stereocenters. The summed E-state index contributed by atoms with van der Waals surface area (Å²) in [6, 6.07) is 4.25. The summed E-state index contributed by atoms with van der Waals surface area (Å²) in [5.74, 6) is -1.06. The summed E-state index contributed by atoms with van der Waals surface area (Å²) in [4.78, 5) is 10.4. The van der Waals surface area contributed by atoms with Crippen LogP contribution in [0, 0.1) is 0 Å². The van der Waals surface area contributed by atoms with E-state index in [2.05, 4.69) is 0 Å². The van der Waals surface area contributed by atoms with Crippen LogP contribution in [-0.4, -0.2) is 30.9 Å². The van der Waals surface area contributed by atoms with Crippen molar-refractivity contribution < 1.29 is 23.4 Å². The number of carboxylic acid groups (broad SMARTS) is 1. The standard InChI is InChI=1S/C11H14O5S/c1-17(15,16)10-6-3-5-9(12)8(10)4-2-7-11(13)14/h3,5-6,12H,2,4,7H2,1H3,(H,13,14). The molecule has 0 spiro atoms. The molecule has 0 saturated carbocycles. The number of phenols is 1. The highest BCUT2D eigenvalue weighted by Gasteiger charge is 2.16. The van der Waals surface area contributed by atoms with Gasteiger partial charge in [-0.25, -0.2) is 8.42 Å². The summed E-state index contributed by atoms with van der Waals surface area (Å²) in [5.41, 5.74) is 0.288. The Labute approximate surface area is 99.6 Å². The highest BCUT2D eigenvalue weighted by atomic mass is 32.2. The normalized spacial score (nSPS) is 11.4. The SMILES string of the molecule is CS(=O)(=O)c1cccc(O)c1CCCC(=O)O. The lowest BCUT2D eigenvalue weighted by molar-refractivity contribution is -0.137. The second kappa shape index (κ2) is 5.18. The maximum absolute atomic E-state index is 11.5. The largest absolute Gasteiger partial charge is 0.508 e. The van der Waals surface area contributed by atoms with E-state index in [1.807, 2.05) is 0 Å². The van der Waals surface area contributed by atoms with Crippen LogP contribution in [0.15, 0.2) is 23.1 Å². The highest BCUT2D eigenvalue weighted by Crippen LogP contribution is 2.26. The first kappa shape index (κ1) is 13.5. The van der Waals surface area contributed by atoms with Gasteiger partial charge in [-0.1, -0.05) is 6.07 Å². The first-order valence-electron chi connectivity index (χ1n) is 5.05. The predicted molar refractivity (Wildman–Crippen MR) is 61.8 cm³/mol. The van der Waals surface area contributed by atoms with Crippen molar-refractivity contribution in [1.82, 2.24) is 0 Å². The van der Waals surface area contributed by atoms with E-state index in [1.165, 1.54) is 18.2 Å². The fourth-order valence-corrected chi connectivity index (χ4v) is 2.55. The topological polar surface area (TPSA) is 91.7 Å². The van der Waals surface area contributed by atoms with Crippen molar-refractivity contribution in [2.24, 2.45) is 0 Å². The van der Waals surface area contributed by atoms with E-state index in [9.17, 15) is 18.3 Å². The minimum Gasteiger partial charge on any atom is -0.508 e. The van der Waals surface area contributed by atoms with E-state index in [0.29, 0.717) is 0 Å². The number of rotatable bonds is 5. The minimum absolute atomic E-state index is 0.0580. The van der Waals surface area contributed by atoms with Gasteiger partial charge in [-0.3, -0.25) is 4.79 Å². The van der Waals surface area contributed by atoms with Gasteiger partial charge in [-0.15, -0.1) is 0 Å². The highest BCUT2D eigenvalue weighted by molar-refractivity contribution is 7.90. The van der Waals surface area contributed by atoms with E-state index in [4.69, 9.17) is 5.11 Å². The molecule has 6 heteroatoms. The van der Waals surface area contributed by atoms with E-state index >= 15 is 0 Å². The Balaban J connectivity index is 3.01. The van der Waals surface area contributed by atoms with E-state index < -0.39 is 15.8 Å². The summed E-state index contributed by atoms with van der Waals surface area (Å²) in [7, 11) is -3.41. The second-order valence-electron chi connectivity index (χ2n) is 3.77. The van der Waals surface area contributed by atoms with E-state index in [-0.39, 0.29) is 35.5 Å². The van der Waals surface area contributed by atoms with Gasteiger partial charge in [0.2, 0.25) is 0 Å². The molecule has 5 nitrogen and oxygen atoms in total. The molecule has 2 N–H and O–H groups in total. The fourth-order valence-electron chi connectivity index (χ4n) is 1.57. The Morgan fingerprint density at radius 1 is 1.35 bits per heavy atom. The summed E-state index contributed by atoms with van der Waals surface area (Å²) >= 11 is 0. The summed E-state index contributed by atoms with van der Waals surface area (Å²) in [6.07, 6.45) is 1.51. The van der Waals surface area contributed by atoms with Crippen LogP contribution in [0.5, 0.6) is 5.75 Å². The van der Waals surface area contributed by atoms with E-state index in [1.54, 1.807) is 0 Å². The van der Waals surface area contributed by atoms with Crippen LogP contribution in [0.3, 0.4) is 0 Å². The number of carbonyl (C=O) groups is 1. The van der Waals surface area contributed by atoms with E-state index in [0.717, 1.165) is 6.26 Å². The quantitative estimate of drug-likeness (QED) is 0.828. The molecule has 1 aromatic rings. The third kappa shape index (κ3) is 3.74. The summed E-state index contributed by atoms with van der Waals surface area (Å²) < 4.78 is 23.0. The average molecular weight is 258 g/mol.